The third-order valence-corrected chi connectivity index (χ3v) is 3.84. The summed E-state index contributed by atoms with van der Waals surface area (Å²) in [6.07, 6.45) is 0.166. The summed E-state index contributed by atoms with van der Waals surface area (Å²) in [5.74, 6) is 2.60. The first kappa shape index (κ1) is 16.3. The molecule has 1 aromatic heterocycles. The number of aromatic nitrogens is 3. The van der Waals surface area contributed by atoms with Crippen LogP contribution in [0.2, 0.25) is 0 Å². The Bertz CT molecular complexity index is 697. The van der Waals surface area contributed by atoms with E-state index in [1.807, 2.05) is 36.1 Å². The van der Waals surface area contributed by atoms with Gasteiger partial charge in [0.25, 0.3) is 0 Å². The van der Waals surface area contributed by atoms with E-state index in [4.69, 9.17) is 15.2 Å². The van der Waals surface area contributed by atoms with E-state index in [2.05, 4.69) is 20.2 Å². The second-order valence-corrected chi connectivity index (χ2v) is 5.64. The van der Waals surface area contributed by atoms with Gasteiger partial charge in [-0.05, 0) is 31.2 Å². The number of aromatic amines is 1. The zero-order valence-corrected chi connectivity index (χ0v) is 13.9. The number of nitrogens with two attached hydrogens (primary N) is 1. The molecule has 1 aromatic carbocycles. The quantitative estimate of drug-likeness (QED) is 0.641. The smallest absolute Gasteiger partial charge is 0.191 e. The molecule has 8 nitrogen and oxygen atoms in total. The van der Waals surface area contributed by atoms with Crippen molar-refractivity contribution in [1.82, 2.24) is 20.1 Å². The number of benzene rings is 1. The van der Waals surface area contributed by atoms with Crippen LogP contribution >= 0.6 is 0 Å². The van der Waals surface area contributed by atoms with Crippen LogP contribution in [0.1, 0.15) is 12.7 Å². The normalized spacial score (nSPS) is 18.7. The van der Waals surface area contributed by atoms with Gasteiger partial charge in [0.1, 0.15) is 18.1 Å². The molecule has 8 heteroatoms. The van der Waals surface area contributed by atoms with E-state index in [9.17, 15) is 0 Å². The zero-order chi connectivity index (χ0) is 16.9. The third kappa shape index (κ3) is 3.83. The second-order valence-electron chi connectivity index (χ2n) is 5.64. The van der Waals surface area contributed by atoms with Crippen LogP contribution in [0.3, 0.4) is 0 Å². The van der Waals surface area contributed by atoms with Crippen LogP contribution in [-0.2, 0) is 11.3 Å². The van der Waals surface area contributed by atoms with Crippen molar-refractivity contribution in [2.45, 2.75) is 19.6 Å². The van der Waals surface area contributed by atoms with Gasteiger partial charge in [-0.2, -0.15) is 5.10 Å². The number of methoxy groups -OCH3 is 1. The first-order valence-corrected chi connectivity index (χ1v) is 7.88. The topological polar surface area (TPSA) is 102 Å². The van der Waals surface area contributed by atoms with Crippen molar-refractivity contribution in [3.8, 4) is 17.1 Å². The molecular formula is C16H22N6O2. The van der Waals surface area contributed by atoms with Gasteiger partial charge in [0.2, 0.25) is 0 Å². The molecule has 0 saturated carbocycles. The van der Waals surface area contributed by atoms with Crippen LogP contribution < -0.4 is 10.5 Å². The molecule has 0 bridgehead atoms. The Morgan fingerprint density at radius 3 is 2.96 bits per heavy atom. The first-order chi connectivity index (χ1) is 11.7. The van der Waals surface area contributed by atoms with Crippen LogP contribution in [0.15, 0.2) is 29.3 Å². The maximum atomic E-state index is 6.05. The van der Waals surface area contributed by atoms with Crippen LogP contribution in [0.5, 0.6) is 5.75 Å². The number of nitrogens with one attached hydrogen (secondary N) is 1. The first-order valence-electron chi connectivity index (χ1n) is 7.88. The summed E-state index contributed by atoms with van der Waals surface area (Å²) in [6, 6.07) is 7.58. The fourth-order valence-corrected chi connectivity index (χ4v) is 2.52. The summed E-state index contributed by atoms with van der Waals surface area (Å²) in [4.78, 5) is 10.9. The summed E-state index contributed by atoms with van der Waals surface area (Å²) in [5, 5.41) is 7.13. The largest absolute Gasteiger partial charge is 0.497 e. The lowest BCUT2D eigenvalue weighted by atomic mass is 10.2. The van der Waals surface area contributed by atoms with Crippen molar-refractivity contribution in [3.05, 3.63) is 30.1 Å². The molecule has 3 rings (SSSR count). The number of ether oxygens (including phenoxy) is 2. The molecule has 1 unspecified atom stereocenters. The van der Waals surface area contributed by atoms with Crippen molar-refractivity contribution in [1.29, 1.82) is 0 Å². The molecular weight excluding hydrogens is 308 g/mol. The molecule has 2 aromatic rings. The van der Waals surface area contributed by atoms with Gasteiger partial charge >= 0.3 is 0 Å². The number of H-pyrrole nitrogens is 1. The van der Waals surface area contributed by atoms with Crippen molar-refractivity contribution in [3.63, 3.8) is 0 Å². The molecule has 1 saturated heterocycles. The maximum Gasteiger partial charge on any atom is 0.191 e. The fraction of sp³-hybridized carbons (Fsp3) is 0.438. The molecule has 1 fully saturated rings. The minimum atomic E-state index is 0.166. The highest BCUT2D eigenvalue weighted by Gasteiger charge is 2.18. The second kappa shape index (κ2) is 7.31. The Morgan fingerprint density at radius 1 is 1.46 bits per heavy atom. The molecule has 0 amide bonds. The molecule has 24 heavy (non-hydrogen) atoms. The average molecular weight is 330 g/mol. The third-order valence-electron chi connectivity index (χ3n) is 3.84. The number of rotatable bonds is 4. The van der Waals surface area contributed by atoms with Crippen molar-refractivity contribution in [2.75, 3.05) is 26.8 Å². The van der Waals surface area contributed by atoms with E-state index < -0.39 is 0 Å². The van der Waals surface area contributed by atoms with Gasteiger partial charge in [0, 0.05) is 18.7 Å². The Hall–Kier alpha value is -2.61. The molecule has 0 spiro atoms. The highest BCUT2D eigenvalue weighted by atomic mass is 16.5. The summed E-state index contributed by atoms with van der Waals surface area (Å²) in [7, 11) is 1.64. The summed E-state index contributed by atoms with van der Waals surface area (Å²) in [5.41, 5.74) is 6.97. The highest BCUT2D eigenvalue weighted by Crippen LogP contribution is 2.19. The maximum absolute atomic E-state index is 6.05. The lowest BCUT2D eigenvalue weighted by Gasteiger charge is -2.31. The SMILES string of the molecule is COc1ccc(-c2n[nH]c(CN=C(N)N3CCOC(C)C3)n2)cc1. The molecule has 0 radical (unpaired) electrons. The monoisotopic (exact) mass is 330 g/mol. The highest BCUT2D eigenvalue weighted by molar-refractivity contribution is 5.78. The van der Waals surface area contributed by atoms with E-state index in [1.54, 1.807) is 7.11 Å². The van der Waals surface area contributed by atoms with E-state index in [0.29, 0.717) is 30.8 Å². The molecule has 3 N–H and O–H groups in total. The zero-order valence-electron chi connectivity index (χ0n) is 13.9. The van der Waals surface area contributed by atoms with Crippen LogP contribution in [-0.4, -0.2) is 59.0 Å². The van der Waals surface area contributed by atoms with Gasteiger partial charge in [-0.1, -0.05) is 0 Å². The lowest BCUT2D eigenvalue weighted by molar-refractivity contribution is 0.00528. The molecule has 2 heterocycles. The molecule has 0 aliphatic carbocycles. The molecule has 1 aliphatic rings. The Balaban J connectivity index is 1.63. The molecule has 128 valence electrons. The predicted octanol–water partition coefficient (Wildman–Crippen LogP) is 1.02. The fourth-order valence-electron chi connectivity index (χ4n) is 2.52. The van der Waals surface area contributed by atoms with Crippen molar-refractivity contribution >= 4 is 5.96 Å². The van der Waals surface area contributed by atoms with Gasteiger partial charge in [0.05, 0.1) is 19.8 Å². The number of nitrogens with zero attached hydrogens (tertiary/aromatic N) is 4. The summed E-state index contributed by atoms with van der Waals surface area (Å²) < 4.78 is 10.6. The van der Waals surface area contributed by atoms with Gasteiger partial charge in [-0.15, -0.1) is 0 Å². The van der Waals surface area contributed by atoms with E-state index in [1.165, 1.54) is 0 Å². The van der Waals surface area contributed by atoms with Crippen LogP contribution in [0.25, 0.3) is 11.4 Å². The molecule has 1 atom stereocenters. The van der Waals surface area contributed by atoms with Gasteiger partial charge in [0.15, 0.2) is 11.8 Å². The van der Waals surface area contributed by atoms with Crippen molar-refractivity contribution < 1.29 is 9.47 Å². The average Bonchev–Trinajstić information content (AvgIpc) is 3.09. The van der Waals surface area contributed by atoms with Gasteiger partial charge in [-0.25, -0.2) is 9.98 Å². The van der Waals surface area contributed by atoms with Gasteiger partial charge in [-0.3, -0.25) is 5.10 Å². The van der Waals surface area contributed by atoms with Gasteiger partial charge < -0.3 is 20.1 Å². The number of hydrogen-bond acceptors (Lipinski definition) is 5. The minimum Gasteiger partial charge on any atom is -0.497 e. The summed E-state index contributed by atoms with van der Waals surface area (Å²) in [6.45, 7) is 4.56. The number of morpholine rings is 1. The van der Waals surface area contributed by atoms with E-state index in [0.717, 1.165) is 24.4 Å². The predicted molar refractivity (Wildman–Crippen MR) is 90.7 cm³/mol. The Labute approximate surface area is 140 Å². The summed E-state index contributed by atoms with van der Waals surface area (Å²) >= 11 is 0. The number of hydrogen-bond donors (Lipinski definition) is 2. The molecule has 1 aliphatic heterocycles. The van der Waals surface area contributed by atoms with E-state index in [-0.39, 0.29) is 6.10 Å². The number of aliphatic imine (C=N–C) groups is 1. The standard InChI is InChI=1S/C16H22N6O2/c1-11-10-22(7-8-24-11)16(17)18-9-14-19-15(21-20-14)12-3-5-13(23-2)6-4-12/h3-6,11H,7-10H2,1-2H3,(H2,17,18)(H,19,20,21). The van der Waals surface area contributed by atoms with Crippen LogP contribution in [0, 0.1) is 0 Å². The van der Waals surface area contributed by atoms with Crippen LogP contribution in [0.4, 0.5) is 0 Å². The number of guanidine groups is 1. The van der Waals surface area contributed by atoms with E-state index >= 15 is 0 Å². The Kier molecular flexibility index (Phi) is 4.95. The van der Waals surface area contributed by atoms with Crippen molar-refractivity contribution in [2.24, 2.45) is 10.7 Å². The lowest BCUT2D eigenvalue weighted by Crippen LogP contribution is -2.47. The Morgan fingerprint density at radius 2 is 2.25 bits per heavy atom. The minimum absolute atomic E-state index is 0.166.